The molecule has 4 heteroatoms. The van der Waals surface area contributed by atoms with Gasteiger partial charge in [-0.2, -0.15) is 0 Å². The van der Waals surface area contributed by atoms with Crippen molar-refractivity contribution < 1.29 is 18.7 Å². The highest BCUT2D eigenvalue weighted by molar-refractivity contribution is 5.77. The number of aldehydes is 1. The first-order valence-electron chi connectivity index (χ1n) is 4.00. The number of hydrogen-bond acceptors (Lipinski definition) is 3. The standard InChI is InChI=1S/C10H9FO3/c1-7(13)6-14-10-3-2-8(5-12)4-9(10)11/h2-5H,6H2,1H3. The van der Waals surface area contributed by atoms with Crippen LogP contribution in [-0.2, 0) is 4.79 Å². The molecular weight excluding hydrogens is 187 g/mol. The Morgan fingerprint density at radius 3 is 2.79 bits per heavy atom. The van der Waals surface area contributed by atoms with E-state index < -0.39 is 5.82 Å². The third kappa shape index (κ3) is 2.65. The Morgan fingerprint density at radius 2 is 2.29 bits per heavy atom. The van der Waals surface area contributed by atoms with Crippen molar-refractivity contribution in [2.75, 3.05) is 6.61 Å². The molecule has 0 saturated heterocycles. The highest BCUT2D eigenvalue weighted by atomic mass is 19.1. The number of halogens is 1. The van der Waals surface area contributed by atoms with E-state index in [1.807, 2.05) is 0 Å². The predicted octanol–water partition coefficient (Wildman–Crippen LogP) is 1.61. The van der Waals surface area contributed by atoms with Crippen LogP contribution >= 0.6 is 0 Å². The molecule has 0 aromatic heterocycles. The molecule has 3 nitrogen and oxygen atoms in total. The molecule has 0 atom stereocenters. The largest absolute Gasteiger partial charge is 0.483 e. The van der Waals surface area contributed by atoms with Gasteiger partial charge in [0.1, 0.15) is 12.9 Å². The smallest absolute Gasteiger partial charge is 0.167 e. The summed E-state index contributed by atoms with van der Waals surface area (Å²) in [6.45, 7) is 1.18. The normalized spacial score (nSPS) is 9.57. The monoisotopic (exact) mass is 196 g/mol. The lowest BCUT2D eigenvalue weighted by atomic mass is 10.2. The lowest BCUT2D eigenvalue weighted by Gasteiger charge is -2.04. The van der Waals surface area contributed by atoms with Crippen molar-refractivity contribution in [2.45, 2.75) is 6.92 Å². The SMILES string of the molecule is CC(=O)COc1ccc(C=O)cc1F. The summed E-state index contributed by atoms with van der Waals surface area (Å²) in [6, 6.07) is 3.80. The van der Waals surface area contributed by atoms with E-state index in [0.717, 1.165) is 6.07 Å². The molecule has 74 valence electrons. The maximum atomic E-state index is 13.1. The number of benzene rings is 1. The lowest BCUT2D eigenvalue weighted by molar-refractivity contribution is -0.118. The molecule has 0 fully saturated rings. The summed E-state index contributed by atoms with van der Waals surface area (Å²) < 4.78 is 17.9. The van der Waals surface area contributed by atoms with Gasteiger partial charge in [0.05, 0.1) is 0 Å². The number of carbonyl (C=O) groups excluding carboxylic acids is 2. The maximum absolute atomic E-state index is 13.1. The van der Waals surface area contributed by atoms with Crippen molar-refractivity contribution in [1.29, 1.82) is 0 Å². The van der Waals surface area contributed by atoms with Gasteiger partial charge in [0.25, 0.3) is 0 Å². The van der Waals surface area contributed by atoms with E-state index >= 15 is 0 Å². The summed E-state index contributed by atoms with van der Waals surface area (Å²) in [4.78, 5) is 20.8. The molecule has 0 amide bonds. The zero-order chi connectivity index (χ0) is 10.6. The van der Waals surface area contributed by atoms with Gasteiger partial charge in [-0.3, -0.25) is 9.59 Å². The van der Waals surface area contributed by atoms with Crippen LogP contribution in [0, 0.1) is 5.82 Å². The van der Waals surface area contributed by atoms with Crippen LogP contribution in [0.2, 0.25) is 0 Å². The van der Waals surface area contributed by atoms with Gasteiger partial charge in [-0.1, -0.05) is 0 Å². The van der Waals surface area contributed by atoms with Gasteiger partial charge in [0.15, 0.2) is 17.3 Å². The van der Waals surface area contributed by atoms with Crippen molar-refractivity contribution in [3.05, 3.63) is 29.6 Å². The molecule has 0 unspecified atom stereocenters. The Bertz CT molecular complexity index is 360. The molecule has 0 N–H and O–H groups in total. The lowest BCUT2D eigenvalue weighted by Crippen LogP contribution is -2.07. The molecule has 14 heavy (non-hydrogen) atoms. The zero-order valence-corrected chi connectivity index (χ0v) is 7.62. The fourth-order valence-electron chi connectivity index (χ4n) is 0.887. The molecule has 0 spiro atoms. The summed E-state index contributed by atoms with van der Waals surface area (Å²) >= 11 is 0. The molecule has 1 aromatic rings. The van der Waals surface area contributed by atoms with Crippen LogP contribution in [0.25, 0.3) is 0 Å². The van der Waals surface area contributed by atoms with E-state index in [9.17, 15) is 14.0 Å². The van der Waals surface area contributed by atoms with Crippen LogP contribution in [0.15, 0.2) is 18.2 Å². The topological polar surface area (TPSA) is 43.4 Å². The van der Waals surface area contributed by atoms with Crippen LogP contribution in [0.5, 0.6) is 5.75 Å². The molecule has 0 heterocycles. The second-order valence-corrected chi connectivity index (χ2v) is 2.80. The first-order chi connectivity index (χ1) is 6.63. The van der Waals surface area contributed by atoms with Gasteiger partial charge < -0.3 is 4.74 Å². The van der Waals surface area contributed by atoms with Gasteiger partial charge in [-0.15, -0.1) is 0 Å². The Labute approximate surface area is 80.5 Å². The Hall–Kier alpha value is -1.71. The first-order valence-corrected chi connectivity index (χ1v) is 4.00. The van der Waals surface area contributed by atoms with Crippen LogP contribution in [0.3, 0.4) is 0 Å². The summed E-state index contributed by atoms with van der Waals surface area (Å²) in [7, 11) is 0. The second-order valence-electron chi connectivity index (χ2n) is 2.80. The van der Waals surface area contributed by atoms with E-state index in [-0.39, 0.29) is 23.7 Å². The maximum Gasteiger partial charge on any atom is 0.167 e. The third-order valence-corrected chi connectivity index (χ3v) is 1.52. The first kappa shape index (κ1) is 10.4. The summed E-state index contributed by atoms with van der Waals surface area (Å²) in [5.74, 6) is -0.856. The third-order valence-electron chi connectivity index (χ3n) is 1.52. The molecule has 1 aromatic carbocycles. The number of carbonyl (C=O) groups is 2. The average Bonchev–Trinajstić information content (AvgIpc) is 2.15. The van der Waals surface area contributed by atoms with E-state index in [0.29, 0.717) is 6.29 Å². The number of rotatable bonds is 4. The van der Waals surface area contributed by atoms with Crippen LogP contribution < -0.4 is 4.74 Å². The predicted molar refractivity (Wildman–Crippen MR) is 48.0 cm³/mol. The van der Waals surface area contributed by atoms with Crippen molar-refractivity contribution in [2.24, 2.45) is 0 Å². The van der Waals surface area contributed by atoms with Gasteiger partial charge in [0, 0.05) is 5.56 Å². The number of hydrogen-bond donors (Lipinski definition) is 0. The molecule has 0 aliphatic rings. The van der Waals surface area contributed by atoms with Gasteiger partial charge >= 0.3 is 0 Å². The summed E-state index contributed by atoms with van der Waals surface area (Å²) in [5, 5.41) is 0. The minimum absolute atomic E-state index is 0.0224. The number of ether oxygens (including phenoxy) is 1. The average molecular weight is 196 g/mol. The Morgan fingerprint density at radius 1 is 1.57 bits per heavy atom. The molecule has 0 bridgehead atoms. The van der Waals surface area contributed by atoms with Crippen molar-refractivity contribution in [1.82, 2.24) is 0 Å². The van der Waals surface area contributed by atoms with Crippen molar-refractivity contribution in [3.63, 3.8) is 0 Å². The van der Waals surface area contributed by atoms with Crippen LogP contribution in [0.4, 0.5) is 4.39 Å². The Balaban J connectivity index is 2.78. The molecule has 0 radical (unpaired) electrons. The quantitative estimate of drug-likeness (QED) is 0.687. The van der Waals surface area contributed by atoms with Crippen molar-refractivity contribution in [3.8, 4) is 5.75 Å². The highest BCUT2D eigenvalue weighted by Gasteiger charge is 2.05. The number of ketones is 1. The molecular formula is C10H9FO3. The fourth-order valence-corrected chi connectivity index (χ4v) is 0.887. The van der Waals surface area contributed by atoms with E-state index in [1.165, 1.54) is 19.1 Å². The molecule has 0 saturated carbocycles. The van der Waals surface area contributed by atoms with Gasteiger partial charge in [-0.05, 0) is 25.1 Å². The minimum Gasteiger partial charge on any atom is -0.483 e. The highest BCUT2D eigenvalue weighted by Crippen LogP contribution is 2.17. The summed E-state index contributed by atoms with van der Waals surface area (Å²) in [6.07, 6.45) is 0.540. The van der Waals surface area contributed by atoms with Crippen molar-refractivity contribution >= 4 is 12.1 Å². The van der Waals surface area contributed by atoms with Crippen LogP contribution in [-0.4, -0.2) is 18.7 Å². The molecule has 0 aliphatic heterocycles. The fraction of sp³-hybridized carbons (Fsp3) is 0.200. The summed E-state index contributed by atoms with van der Waals surface area (Å²) in [5.41, 5.74) is 0.234. The molecule has 0 aliphatic carbocycles. The van der Waals surface area contributed by atoms with E-state index in [2.05, 4.69) is 0 Å². The second kappa shape index (κ2) is 4.50. The van der Waals surface area contributed by atoms with E-state index in [1.54, 1.807) is 0 Å². The van der Waals surface area contributed by atoms with E-state index in [4.69, 9.17) is 4.74 Å². The molecule has 1 rings (SSSR count). The van der Waals surface area contributed by atoms with Gasteiger partial charge in [-0.25, -0.2) is 4.39 Å². The zero-order valence-electron chi connectivity index (χ0n) is 7.62. The Kier molecular flexibility index (Phi) is 3.34. The van der Waals surface area contributed by atoms with Gasteiger partial charge in [0.2, 0.25) is 0 Å². The van der Waals surface area contributed by atoms with Crippen LogP contribution in [0.1, 0.15) is 17.3 Å². The number of Topliss-reactive ketones (excluding diaryl/α,β-unsaturated/α-hetero) is 1. The minimum atomic E-state index is -0.643.